The van der Waals surface area contributed by atoms with Crippen LogP contribution in [-0.4, -0.2) is 0 Å². The first kappa shape index (κ1) is 16.2. The topological polar surface area (TPSA) is 0 Å². The Balaban J connectivity index is 2.44. The molecule has 0 nitrogen and oxygen atoms in total. The third-order valence-corrected chi connectivity index (χ3v) is 5.82. The molecule has 0 N–H and O–H groups in total. The van der Waals surface area contributed by atoms with E-state index in [1.54, 1.807) is 0 Å². The van der Waals surface area contributed by atoms with Crippen LogP contribution in [0.1, 0.15) is 47.2 Å². The summed E-state index contributed by atoms with van der Waals surface area (Å²) in [6.07, 6.45) is 2.22. The molecule has 2 aromatic carbocycles. The summed E-state index contributed by atoms with van der Waals surface area (Å²) in [7, 11) is 0. The van der Waals surface area contributed by atoms with Gasteiger partial charge in [0.1, 0.15) is 0 Å². The van der Waals surface area contributed by atoms with Crippen molar-refractivity contribution in [3.63, 3.8) is 0 Å². The van der Waals surface area contributed by atoms with E-state index in [2.05, 4.69) is 65.8 Å². The first-order chi connectivity index (χ1) is 9.99. The van der Waals surface area contributed by atoms with E-state index in [4.69, 9.17) is 0 Å². The average Bonchev–Trinajstić information content (AvgIpc) is 2.45. The molecule has 0 unspecified atom stereocenters. The number of aryl methyl sites for hydroxylation is 2. The van der Waals surface area contributed by atoms with Gasteiger partial charge in [0.2, 0.25) is 0 Å². The second kappa shape index (κ2) is 6.70. The van der Waals surface area contributed by atoms with Gasteiger partial charge in [0.05, 0.1) is 0 Å². The third kappa shape index (κ3) is 3.18. The Kier molecular flexibility index (Phi) is 5.16. The van der Waals surface area contributed by atoms with Crippen molar-refractivity contribution in [1.29, 1.82) is 0 Å². The maximum absolute atomic E-state index is 2.28. The lowest BCUT2D eigenvalue weighted by atomic mass is 10.0. The van der Waals surface area contributed by atoms with E-state index in [0.717, 1.165) is 12.8 Å². The highest BCUT2D eigenvalue weighted by atomic mass is 32.2. The predicted molar refractivity (Wildman–Crippen MR) is 94.7 cm³/mol. The minimum absolute atomic E-state index is 1.11. The van der Waals surface area contributed by atoms with Crippen LogP contribution in [0, 0.1) is 27.7 Å². The molecule has 21 heavy (non-hydrogen) atoms. The normalized spacial score (nSPS) is 11.0. The van der Waals surface area contributed by atoms with Gasteiger partial charge in [0, 0.05) is 9.79 Å². The monoisotopic (exact) mass is 298 g/mol. The summed E-state index contributed by atoms with van der Waals surface area (Å²) in [4.78, 5) is 2.79. The number of hydrogen-bond acceptors (Lipinski definition) is 1. The molecule has 0 fully saturated rings. The largest absolute Gasteiger partial charge is 0.0895 e. The molecule has 0 heterocycles. The molecule has 112 valence electrons. The summed E-state index contributed by atoms with van der Waals surface area (Å²) in [5, 5.41) is 0. The average molecular weight is 298 g/mol. The molecule has 0 atom stereocenters. The molecule has 0 aliphatic carbocycles. The molecule has 0 bridgehead atoms. The quantitative estimate of drug-likeness (QED) is 0.648. The van der Waals surface area contributed by atoms with Crippen LogP contribution in [0.2, 0.25) is 0 Å². The summed E-state index contributed by atoms with van der Waals surface area (Å²) in [5.74, 6) is 0. The Morgan fingerprint density at radius 1 is 0.667 bits per heavy atom. The lowest BCUT2D eigenvalue weighted by Crippen LogP contribution is -1.96. The van der Waals surface area contributed by atoms with Crippen molar-refractivity contribution in [1.82, 2.24) is 0 Å². The van der Waals surface area contributed by atoms with Crippen molar-refractivity contribution < 1.29 is 0 Å². The molecule has 0 aromatic heterocycles. The van der Waals surface area contributed by atoms with Gasteiger partial charge in [-0.1, -0.05) is 37.7 Å². The van der Waals surface area contributed by atoms with Gasteiger partial charge in [0.15, 0.2) is 0 Å². The minimum Gasteiger partial charge on any atom is -0.0895 e. The van der Waals surface area contributed by atoms with Gasteiger partial charge < -0.3 is 0 Å². The SMILES string of the molecule is CCc1c(C)ccc(Sc2ccc(C)c(CC)c2C)c1C. The van der Waals surface area contributed by atoms with Crippen LogP contribution >= 0.6 is 11.8 Å². The third-order valence-electron chi connectivity index (χ3n) is 4.49. The van der Waals surface area contributed by atoms with Crippen LogP contribution < -0.4 is 0 Å². The fourth-order valence-electron chi connectivity index (χ4n) is 3.17. The highest BCUT2D eigenvalue weighted by Gasteiger charge is 2.11. The number of benzene rings is 2. The second-order valence-electron chi connectivity index (χ2n) is 5.78. The molecule has 0 radical (unpaired) electrons. The second-order valence-corrected chi connectivity index (χ2v) is 6.86. The van der Waals surface area contributed by atoms with Crippen LogP contribution in [0.3, 0.4) is 0 Å². The Hall–Kier alpha value is -1.21. The van der Waals surface area contributed by atoms with Crippen LogP contribution in [0.5, 0.6) is 0 Å². The van der Waals surface area contributed by atoms with Crippen molar-refractivity contribution in [3.05, 3.63) is 57.6 Å². The van der Waals surface area contributed by atoms with Gasteiger partial charge >= 0.3 is 0 Å². The molecular formula is C20H26S. The smallest absolute Gasteiger partial charge is 0.0154 e. The zero-order valence-corrected chi connectivity index (χ0v) is 14.9. The zero-order valence-electron chi connectivity index (χ0n) is 14.1. The lowest BCUT2D eigenvalue weighted by Gasteiger charge is -2.16. The summed E-state index contributed by atoms with van der Waals surface area (Å²) in [6, 6.07) is 9.08. The summed E-state index contributed by atoms with van der Waals surface area (Å²) in [5.41, 5.74) is 8.71. The van der Waals surface area contributed by atoms with Gasteiger partial charge in [0.25, 0.3) is 0 Å². The van der Waals surface area contributed by atoms with Crippen molar-refractivity contribution in [3.8, 4) is 0 Å². The van der Waals surface area contributed by atoms with Crippen molar-refractivity contribution in [2.75, 3.05) is 0 Å². The maximum atomic E-state index is 2.28. The van der Waals surface area contributed by atoms with Crippen molar-refractivity contribution >= 4 is 11.8 Å². The van der Waals surface area contributed by atoms with Crippen molar-refractivity contribution in [2.45, 2.75) is 64.2 Å². The maximum Gasteiger partial charge on any atom is 0.0154 e. The molecule has 1 heteroatoms. The van der Waals surface area contributed by atoms with E-state index in [1.807, 2.05) is 11.8 Å². The van der Waals surface area contributed by atoms with Crippen molar-refractivity contribution in [2.24, 2.45) is 0 Å². The molecule has 2 rings (SSSR count). The Morgan fingerprint density at radius 3 is 1.38 bits per heavy atom. The molecule has 0 aliphatic heterocycles. The van der Waals surface area contributed by atoms with Gasteiger partial charge in [-0.05, 0) is 86.1 Å². The summed E-state index contributed by atoms with van der Waals surface area (Å²) >= 11 is 1.92. The van der Waals surface area contributed by atoms with Gasteiger partial charge in [-0.2, -0.15) is 0 Å². The van der Waals surface area contributed by atoms with Crippen LogP contribution in [0.15, 0.2) is 34.1 Å². The predicted octanol–water partition coefficient (Wildman–Crippen LogP) is 6.20. The lowest BCUT2D eigenvalue weighted by molar-refractivity contribution is 1.04. The van der Waals surface area contributed by atoms with E-state index in [1.165, 1.54) is 43.2 Å². The molecule has 2 aromatic rings. The van der Waals surface area contributed by atoms with Gasteiger partial charge in [-0.15, -0.1) is 0 Å². The summed E-state index contributed by atoms with van der Waals surface area (Å²) < 4.78 is 0. The first-order valence-corrected chi connectivity index (χ1v) is 8.67. The van der Waals surface area contributed by atoms with Crippen LogP contribution in [0.25, 0.3) is 0 Å². The standard InChI is InChI=1S/C20H26S/c1-7-17-13(3)9-11-19(15(17)5)21-20-12-10-14(4)18(8-2)16(20)6/h9-12H,7-8H2,1-6H3. The molecule has 0 amide bonds. The fraction of sp³-hybridized carbons (Fsp3) is 0.400. The Morgan fingerprint density at radius 2 is 1.05 bits per heavy atom. The fourth-order valence-corrected chi connectivity index (χ4v) is 4.23. The van der Waals surface area contributed by atoms with E-state index in [-0.39, 0.29) is 0 Å². The Bertz CT molecular complexity index is 596. The van der Waals surface area contributed by atoms with E-state index in [0.29, 0.717) is 0 Å². The molecule has 0 spiro atoms. The molecule has 0 saturated carbocycles. The highest BCUT2D eigenvalue weighted by molar-refractivity contribution is 7.99. The summed E-state index contributed by atoms with van der Waals surface area (Å²) in [6.45, 7) is 13.4. The van der Waals surface area contributed by atoms with E-state index >= 15 is 0 Å². The van der Waals surface area contributed by atoms with Gasteiger partial charge in [-0.3, -0.25) is 0 Å². The van der Waals surface area contributed by atoms with E-state index < -0.39 is 0 Å². The first-order valence-electron chi connectivity index (χ1n) is 7.85. The van der Waals surface area contributed by atoms with Crippen LogP contribution in [0.4, 0.5) is 0 Å². The Labute approximate surface area is 134 Å². The number of hydrogen-bond donors (Lipinski definition) is 0. The van der Waals surface area contributed by atoms with Crippen LogP contribution in [-0.2, 0) is 12.8 Å². The van der Waals surface area contributed by atoms with E-state index in [9.17, 15) is 0 Å². The minimum atomic E-state index is 1.11. The molecule has 0 saturated heterocycles. The van der Waals surface area contributed by atoms with Gasteiger partial charge in [-0.25, -0.2) is 0 Å². The molecular weight excluding hydrogens is 272 g/mol. The molecule has 0 aliphatic rings. The zero-order chi connectivity index (χ0) is 15.6. The highest BCUT2D eigenvalue weighted by Crippen LogP contribution is 2.36. The number of rotatable bonds is 4.